The summed E-state index contributed by atoms with van der Waals surface area (Å²) >= 11 is 0. The largest absolute Gasteiger partial charge is 0.508 e. The van der Waals surface area contributed by atoms with Gasteiger partial charge in [-0.25, -0.2) is 0 Å². The van der Waals surface area contributed by atoms with Crippen LogP contribution in [0.25, 0.3) is 22.3 Å². The molecule has 5 rings (SSSR count). The van der Waals surface area contributed by atoms with Gasteiger partial charge in [-0.1, -0.05) is 0 Å². The van der Waals surface area contributed by atoms with E-state index in [4.69, 9.17) is 23.4 Å². The highest BCUT2D eigenvalue weighted by Gasteiger charge is 2.47. The zero-order valence-corrected chi connectivity index (χ0v) is 22.3. The van der Waals surface area contributed by atoms with Crippen molar-refractivity contribution in [2.24, 2.45) is 0 Å². The Morgan fingerprint density at radius 3 is 1.95 bits per heavy atom. The van der Waals surface area contributed by atoms with Crippen molar-refractivity contribution in [2.45, 2.75) is 68.3 Å². The van der Waals surface area contributed by atoms with E-state index in [9.17, 15) is 55.9 Å². The number of aromatic hydroxyl groups is 3. The van der Waals surface area contributed by atoms with Crippen LogP contribution in [0.3, 0.4) is 0 Å². The third-order valence-electron chi connectivity index (χ3n) is 7.31. The molecule has 10 atom stereocenters. The fourth-order valence-corrected chi connectivity index (χ4v) is 4.81. The van der Waals surface area contributed by atoms with Gasteiger partial charge in [-0.3, -0.25) is 4.79 Å². The minimum Gasteiger partial charge on any atom is -0.508 e. The Kier molecular flexibility index (Phi) is 8.41. The van der Waals surface area contributed by atoms with E-state index >= 15 is 0 Å². The zero-order chi connectivity index (χ0) is 31.3. The number of benzene rings is 2. The lowest BCUT2D eigenvalue weighted by molar-refractivity contribution is -0.278. The molecule has 0 radical (unpaired) electrons. The molecule has 16 heteroatoms. The highest BCUT2D eigenvalue weighted by Crippen LogP contribution is 2.51. The van der Waals surface area contributed by atoms with E-state index in [1.54, 1.807) is 0 Å². The Morgan fingerprint density at radius 2 is 1.33 bits per heavy atom. The first-order chi connectivity index (χ1) is 20.3. The van der Waals surface area contributed by atoms with Crippen LogP contribution in [-0.4, -0.2) is 119 Å². The van der Waals surface area contributed by atoms with Crippen molar-refractivity contribution in [2.75, 3.05) is 6.61 Å². The summed E-state index contributed by atoms with van der Waals surface area (Å²) in [6.07, 6.45) is -17.0. The summed E-state index contributed by atoms with van der Waals surface area (Å²) in [5, 5.41) is 102. The van der Waals surface area contributed by atoms with E-state index in [1.165, 1.54) is 31.2 Å². The summed E-state index contributed by atoms with van der Waals surface area (Å²) < 4.78 is 27.7. The van der Waals surface area contributed by atoms with Crippen LogP contribution in [0.5, 0.6) is 28.7 Å². The van der Waals surface area contributed by atoms with E-state index < -0.39 is 107 Å². The SMILES string of the molecule is C[C@H]1O[C@H](Oc2c(O)c(O[C@@H]3O[C@H](CO)[C@H](O)[C@@H](O)[C@H]3O)c(O)c3c(=O)cc(-c4ccc(O)cc4)oc23)[C@@H](O)[C@@H](O)[C@@H]1O. The highest BCUT2D eigenvalue weighted by atomic mass is 16.7. The molecule has 2 fully saturated rings. The van der Waals surface area contributed by atoms with Crippen LogP contribution in [0, 0.1) is 0 Å². The monoisotopic (exact) mass is 610 g/mol. The van der Waals surface area contributed by atoms with E-state index in [0.29, 0.717) is 0 Å². The quantitative estimate of drug-likeness (QED) is 0.144. The van der Waals surface area contributed by atoms with Crippen molar-refractivity contribution in [1.82, 2.24) is 0 Å². The van der Waals surface area contributed by atoms with E-state index in [1.807, 2.05) is 0 Å². The first-order valence-corrected chi connectivity index (χ1v) is 13.0. The average molecular weight is 611 g/mol. The molecule has 0 amide bonds. The highest BCUT2D eigenvalue weighted by molar-refractivity contribution is 5.95. The van der Waals surface area contributed by atoms with Crippen LogP contribution in [0.15, 0.2) is 39.5 Å². The minimum atomic E-state index is -1.98. The Bertz CT molecular complexity index is 1520. The second-order valence-corrected chi connectivity index (χ2v) is 10.2. The molecular formula is C27H30O16. The summed E-state index contributed by atoms with van der Waals surface area (Å²) in [7, 11) is 0. The van der Waals surface area contributed by atoms with Gasteiger partial charge in [0.15, 0.2) is 16.8 Å². The van der Waals surface area contributed by atoms with Crippen molar-refractivity contribution < 1.29 is 74.4 Å². The van der Waals surface area contributed by atoms with E-state index in [0.717, 1.165) is 6.07 Å². The average Bonchev–Trinajstić information content (AvgIpc) is 2.98. The molecule has 43 heavy (non-hydrogen) atoms. The molecular weight excluding hydrogens is 580 g/mol. The topological polar surface area (TPSA) is 269 Å². The van der Waals surface area contributed by atoms with E-state index in [2.05, 4.69) is 0 Å². The standard InChI is InChI=1S/C27H30O16/c1-8-15(31)18(34)20(36)26(39-8)43-25-22(38)24(42-27-21(37)19(35)16(32)13(7-28)41-27)17(33)14-11(30)6-12(40-23(14)25)9-2-4-10(29)5-3-9/h2-6,8,13,15-16,18-21,26-29,31-38H,7H2,1H3/t8-,13-,15-,16+,18+,19-,20+,21-,26-,27+/m1/s1. The summed E-state index contributed by atoms with van der Waals surface area (Å²) in [5.41, 5.74) is -1.21. The van der Waals surface area contributed by atoms with Crippen molar-refractivity contribution in [3.63, 3.8) is 0 Å². The Labute approximate surface area is 241 Å². The van der Waals surface area contributed by atoms with Crippen molar-refractivity contribution in [1.29, 1.82) is 0 Å². The van der Waals surface area contributed by atoms with Crippen LogP contribution in [0.1, 0.15) is 6.92 Å². The molecule has 1 aromatic heterocycles. The summed E-state index contributed by atoms with van der Waals surface area (Å²) in [6.45, 7) is 0.545. The molecule has 2 saturated heterocycles. The predicted octanol–water partition coefficient (Wildman–Crippen LogP) is -2.04. The summed E-state index contributed by atoms with van der Waals surface area (Å²) in [4.78, 5) is 13.3. The number of aliphatic hydroxyl groups excluding tert-OH is 7. The molecule has 234 valence electrons. The predicted molar refractivity (Wildman–Crippen MR) is 140 cm³/mol. The number of rotatable bonds is 6. The van der Waals surface area contributed by atoms with Crippen LogP contribution in [-0.2, 0) is 9.47 Å². The Morgan fingerprint density at radius 1 is 0.744 bits per heavy atom. The van der Waals surface area contributed by atoms with Crippen molar-refractivity contribution in [3.05, 3.63) is 40.6 Å². The molecule has 0 unspecified atom stereocenters. The van der Waals surface area contributed by atoms with Gasteiger partial charge in [-0.05, 0) is 31.2 Å². The van der Waals surface area contributed by atoms with Gasteiger partial charge in [-0.2, -0.15) is 0 Å². The maximum absolute atomic E-state index is 13.3. The number of ether oxygens (including phenoxy) is 4. The van der Waals surface area contributed by atoms with Gasteiger partial charge in [0.05, 0.1) is 12.7 Å². The summed E-state index contributed by atoms with van der Waals surface area (Å²) in [5.74, 6) is -4.01. The van der Waals surface area contributed by atoms with Gasteiger partial charge in [0.25, 0.3) is 0 Å². The van der Waals surface area contributed by atoms with Gasteiger partial charge in [0, 0.05) is 11.6 Å². The molecule has 2 aromatic carbocycles. The van der Waals surface area contributed by atoms with Crippen LogP contribution in [0.4, 0.5) is 0 Å². The second-order valence-electron chi connectivity index (χ2n) is 10.2. The molecule has 10 N–H and O–H groups in total. The van der Waals surface area contributed by atoms with Crippen LogP contribution < -0.4 is 14.9 Å². The number of phenolic OH excluding ortho intramolecular Hbond substituents is 3. The first-order valence-electron chi connectivity index (χ1n) is 13.0. The van der Waals surface area contributed by atoms with Gasteiger partial charge in [0.2, 0.25) is 29.8 Å². The fourth-order valence-electron chi connectivity index (χ4n) is 4.81. The molecule has 0 bridgehead atoms. The number of phenols is 3. The van der Waals surface area contributed by atoms with Crippen molar-refractivity contribution in [3.8, 4) is 40.1 Å². The van der Waals surface area contributed by atoms with Gasteiger partial charge in [0.1, 0.15) is 59.6 Å². The lowest BCUT2D eigenvalue weighted by Crippen LogP contribution is -2.60. The molecule has 0 aliphatic carbocycles. The van der Waals surface area contributed by atoms with Crippen LogP contribution >= 0.6 is 0 Å². The molecule has 2 aliphatic heterocycles. The number of hydrogen-bond acceptors (Lipinski definition) is 16. The smallest absolute Gasteiger partial charge is 0.229 e. The lowest BCUT2D eigenvalue weighted by atomic mass is 9.99. The Balaban J connectivity index is 1.67. The maximum atomic E-state index is 13.3. The summed E-state index contributed by atoms with van der Waals surface area (Å²) in [6, 6.07) is 6.40. The third-order valence-corrected chi connectivity index (χ3v) is 7.31. The Hall–Kier alpha value is -3.71. The molecule has 0 saturated carbocycles. The maximum Gasteiger partial charge on any atom is 0.229 e. The van der Waals surface area contributed by atoms with Crippen LogP contribution in [0.2, 0.25) is 0 Å². The number of fused-ring (bicyclic) bond motifs is 1. The molecule has 3 heterocycles. The third kappa shape index (κ3) is 5.44. The van der Waals surface area contributed by atoms with Gasteiger partial charge < -0.3 is 74.4 Å². The molecule has 3 aromatic rings. The zero-order valence-electron chi connectivity index (χ0n) is 22.3. The van der Waals surface area contributed by atoms with Gasteiger partial charge in [-0.15, -0.1) is 0 Å². The molecule has 2 aliphatic rings. The van der Waals surface area contributed by atoms with Crippen molar-refractivity contribution >= 4 is 11.0 Å². The second kappa shape index (κ2) is 11.8. The first kappa shape index (κ1) is 30.7. The van der Waals surface area contributed by atoms with Gasteiger partial charge >= 0.3 is 0 Å². The number of hydrogen-bond donors (Lipinski definition) is 10. The fraction of sp³-hybridized carbons (Fsp3) is 0.444. The minimum absolute atomic E-state index is 0.0838. The lowest BCUT2D eigenvalue weighted by Gasteiger charge is -2.40. The number of aliphatic hydroxyl groups is 7. The molecule has 0 spiro atoms. The normalized spacial score (nSPS) is 32.9. The van der Waals surface area contributed by atoms with E-state index in [-0.39, 0.29) is 17.1 Å². The molecule has 16 nitrogen and oxygen atoms in total.